The minimum absolute atomic E-state index is 0.217. The van der Waals surface area contributed by atoms with Crippen LogP contribution in [0, 0.1) is 9.39 Å². The molecule has 0 N–H and O–H groups in total. The molecule has 0 saturated heterocycles. The van der Waals surface area contributed by atoms with E-state index in [9.17, 15) is 9.18 Å². The number of hydrogen-bond donors (Lipinski definition) is 0. The van der Waals surface area contributed by atoms with Crippen LogP contribution in [0.1, 0.15) is 15.9 Å². The van der Waals surface area contributed by atoms with Crippen molar-refractivity contribution in [2.75, 3.05) is 0 Å². The van der Waals surface area contributed by atoms with Crippen LogP contribution in [0.15, 0.2) is 42.7 Å². The lowest BCUT2D eigenvalue weighted by molar-refractivity contribution is 0.103. The van der Waals surface area contributed by atoms with Crippen molar-refractivity contribution < 1.29 is 9.18 Å². The van der Waals surface area contributed by atoms with Crippen molar-refractivity contribution in [1.82, 2.24) is 4.98 Å². The molecule has 0 atom stereocenters. The number of pyridine rings is 1. The summed E-state index contributed by atoms with van der Waals surface area (Å²) in [4.78, 5) is 15.8. The fourth-order valence-corrected chi connectivity index (χ4v) is 1.98. The minimum Gasteiger partial charge on any atom is -0.289 e. The van der Waals surface area contributed by atoms with Crippen LogP contribution in [0.2, 0.25) is 0 Å². The topological polar surface area (TPSA) is 30.0 Å². The molecule has 2 aromatic rings. The van der Waals surface area contributed by atoms with Gasteiger partial charge in [-0.25, -0.2) is 4.39 Å². The van der Waals surface area contributed by atoms with Gasteiger partial charge >= 0.3 is 0 Å². The molecule has 0 radical (unpaired) electrons. The summed E-state index contributed by atoms with van der Waals surface area (Å²) in [5.41, 5.74) is 0.807. The van der Waals surface area contributed by atoms with Gasteiger partial charge in [0.05, 0.1) is 0 Å². The number of carbonyl (C=O) groups is 1. The van der Waals surface area contributed by atoms with Crippen molar-refractivity contribution in [3.8, 4) is 0 Å². The second-order valence-corrected chi connectivity index (χ2v) is 4.47. The van der Waals surface area contributed by atoms with Gasteiger partial charge in [-0.2, -0.15) is 0 Å². The molecule has 2 rings (SSSR count). The maximum Gasteiger partial charge on any atom is 0.194 e. The zero-order chi connectivity index (χ0) is 11.5. The highest BCUT2D eigenvalue weighted by molar-refractivity contribution is 14.1. The Hall–Kier alpha value is -1.30. The van der Waals surface area contributed by atoms with E-state index in [1.165, 1.54) is 18.3 Å². The van der Waals surface area contributed by atoms with Crippen molar-refractivity contribution in [2.24, 2.45) is 0 Å². The van der Waals surface area contributed by atoms with Gasteiger partial charge in [-0.1, -0.05) is 0 Å². The van der Waals surface area contributed by atoms with E-state index in [0.29, 0.717) is 14.7 Å². The van der Waals surface area contributed by atoms with Gasteiger partial charge in [-0.05, 0) is 52.9 Å². The number of hydrogen-bond acceptors (Lipinski definition) is 2. The normalized spacial score (nSPS) is 10.1. The Bertz CT molecular complexity index is 508. The number of nitrogens with zero attached hydrogens (tertiary/aromatic N) is 1. The summed E-state index contributed by atoms with van der Waals surface area (Å²) >= 11 is 1.98. The molecular weight excluding hydrogens is 320 g/mol. The third kappa shape index (κ3) is 2.44. The molecule has 0 unspecified atom stereocenters. The van der Waals surface area contributed by atoms with Crippen molar-refractivity contribution >= 4 is 28.4 Å². The van der Waals surface area contributed by atoms with Crippen molar-refractivity contribution in [2.45, 2.75) is 0 Å². The molecule has 0 fully saturated rings. The smallest absolute Gasteiger partial charge is 0.194 e. The standard InChI is InChI=1S/C12H7FINO/c13-10-4-9(5-11(14)6-10)12(16)8-2-1-3-15-7-8/h1-7H. The molecule has 0 aliphatic heterocycles. The molecule has 4 heteroatoms. The van der Waals surface area contributed by atoms with Crippen LogP contribution >= 0.6 is 22.6 Å². The molecule has 1 aromatic carbocycles. The van der Waals surface area contributed by atoms with Crippen LogP contribution in [0.4, 0.5) is 4.39 Å². The molecule has 1 heterocycles. The number of carbonyl (C=O) groups excluding carboxylic acids is 1. The molecule has 0 saturated carbocycles. The third-order valence-electron chi connectivity index (χ3n) is 2.05. The van der Waals surface area contributed by atoms with Gasteiger partial charge < -0.3 is 0 Å². The largest absolute Gasteiger partial charge is 0.289 e. The summed E-state index contributed by atoms with van der Waals surface area (Å²) in [7, 11) is 0. The van der Waals surface area contributed by atoms with Gasteiger partial charge in [0.15, 0.2) is 5.78 Å². The highest BCUT2D eigenvalue weighted by atomic mass is 127. The van der Waals surface area contributed by atoms with Crippen LogP contribution in [-0.4, -0.2) is 10.8 Å². The SMILES string of the molecule is O=C(c1cccnc1)c1cc(F)cc(I)c1. The van der Waals surface area contributed by atoms with Gasteiger partial charge in [0, 0.05) is 27.1 Å². The quantitative estimate of drug-likeness (QED) is 0.627. The monoisotopic (exact) mass is 327 g/mol. The summed E-state index contributed by atoms with van der Waals surface area (Å²) in [6, 6.07) is 7.60. The van der Waals surface area contributed by atoms with E-state index in [0.717, 1.165) is 0 Å². The van der Waals surface area contributed by atoms with E-state index < -0.39 is 5.82 Å². The number of halogens is 2. The molecule has 0 amide bonds. The number of ketones is 1. The second kappa shape index (κ2) is 4.69. The Morgan fingerprint density at radius 1 is 1.25 bits per heavy atom. The summed E-state index contributed by atoms with van der Waals surface area (Å²) < 4.78 is 13.8. The molecule has 80 valence electrons. The lowest BCUT2D eigenvalue weighted by Gasteiger charge is -2.01. The predicted octanol–water partition coefficient (Wildman–Crippen LogP) is 3.06. The fourth-order valence-electron chi connectivity index (χ4n) is 1.35. The van der Waals surface area contributed by atoms with Crippen molar-refractivity contribution in [3.63, 3.8) is 0 Å². The van der Waals surface area contributed by atoms with E-state index in [2.05, 4.69) is 4.98 Å². The summed E-state index contributed by atoms with van der Waals surface area (Å²) in [6.45, 7) is 0. The van der Waals surface area contributed by atoms with Crippen molar-refractivity contribution in [3.05, 3.63) is 63.2 Å². The molecule has 0 aliphatic rings. The third-order valence-corrected chi connectivity index (χ3v) is 2.67. The van der Waals surface area contributed by atoms with Gasteiger partial charge in [0.25, 0.3) is 0 Å². The average molecular weight is 327 g/mol. The number of benzene rings is 1. The average Bonchev–Trinajstić information content (AvgIpc) is 2.28. The van der Waals surface area contributed by atoms with Gasteiger partial charge in [-0.15, -0.1) is 0 Å². The van der Waals surface area contributed by atoms with Crippen LogP contribution < -0.4 is 0 Å². The Morgan fingerprint density at radius 2 is 2.06 bits per heavy atom. The molecule has 16 heavy (non-hydrogen) atoms. The molecule has 0 aliphatic carbocycles. The van der Waals surface area contributed by atoms with Gasteiger partial charge in [-0.3, -0.25) is 9.78 Å². The van der Waals surface area contributed by atoms with Crippen LogP contribution in [-0.2, 0) is 0 Å². The molecule has 0 bridgehead atoms. The fraction of sp³-hybridized carbons (Fsp3) is 0. The van der Waals surface area contributed by atoms with E-state index in [1.807, 2.05) is 22.6 Å². The van der Waals surface area contributed by atoms with E-state index in [-0.39, 0.29) is 5.78 Å². The zero-order valence-corrected chi connectivity index (χ0v) is 10.3. The van der Waals surface area contributed by atoms with Crippen LogP contribution in [0.3, 0.4) is 0 Å². The summed E-state index contributed by atoms with van der Waals surface area (Å²) in [5, 5.41) is 0. The highest BCUT2D eigenvalue weighted by Gasteiger charge is 2.10. The molecule has 1 aromatic heterocycles. The Balaban J connectivity index is 2.42. The van der Waals surface area contributed by atoms with Crippen molar-refractivity contribution in [1.29, 1.82) is 0 Å². The second-order valence-electron chi connectivity index (χ2n) is 3.23. The molecule has 0 spiro atoms. The van der Waals surface area contributed by atoms with Gasteiger partial charge in [0.1, 0.15) is 5.82 Å². The lowest BCUT2D eigenvalue weighted by Crippen LogP contribution is -2.02. The highest BCUT2D eigenvalue weighted by Crippen LogP contribution is 2.14. The first-order valence-corrected chi connectivity index (χ1v) is 5.65. The Morgan fingerprint density at radius 3 is 2.69 bits per heavy atom. The Kier molecular flexibility index (Phi) is 3.28. The van der Waals surface area contributed by atoms with E-state index >= 15 is 0 Å². The van der Waals surface area contributed by atoms with Crippen LogP contribution in [0.5, 0.6) is 0 Å². The molecule has 2 nitrogen and oxygen atoms in total. The Labute approximate surface area is 106 Å². The first-order valence-electron chi connectivity index (χ1n) is 4.57. The minimum atomic E-state index is -0.404. The number of aromatic nitrogens is 1. The summed E-state index contributed by atoms with van der Waals surface area (Å²) in [5.74, 6) is -0.621. The zero-order valence-electron chi connectivity index (χ0n) is 8.15. The van der Waals surface area contributed by atoms with Gasteiger partial charge in [0.2, 0.25) is 0 Å². The first-order chi connectivity index (χ1) is 7.66. The maximum absolute atomic E-state index is 13.1. The van der Waals surface area contributed by atoms with Crippen LogP contribution in [0.25, 0.3) is 0 Å². The van der Waals surface area contributed by atoms with E-state index in [1.54, 1.807) is 24.4 Å². The summed E-state index contributed by atoms with van der Waals surface area (Å²) in [6.07, 6.45) is 3.06. The maximum atomic E-state index is 13.1. The van der Waals surface area contributed by atoms with E-state index in [4.69, 9.17) is 0 Å². The number of rotatable bonds is 2. The predicted molar refractivity (Wildman–Crippen MR) is 66.8 cm³/mol. The molecular formula is C12H7FINO. The lowest BCUT2D eigenvalue weighted by atomic mass is 10.1. The first kappa shape index (κ1) is 11.2.